The predicted octanol–water partition coefficient (Wildman–Crippen LogP) is 3.72. The molecule has 0 bridgehead atoms. The lowest BCUT2D eigenvalue weighted by molar-refractivity contribution is 0.239. The molecule has 2 aromatic rings. The van der Waals surface area contributed by atoms with Gasteiger partial charge in [0.05, 0.1) is 6.61 Å². The number of carbonyl (C=O) groups is 1. The van der Waals surface area contributed by atoms with E-state index in [2.05, 4.69) is 60.8 Å². The summed E-state index contributed by atoms with van der Waals surface area (Å²) in [5.74, 6) is 0.892. The molecule has 0 unspecified atom stereocenters. The van der Waals surface area contributed by atoms with Gasteiger partial charge < -0.3 is 20.3 Å². The summed E-state index contributed by atoms with van der Waals surface area (Å²) in [6, 6.07) is 16.2. The predicted molar refractivity (Wildman–Crippen MR) is 110 cm³/mol. The maximum Gasteiger partial charge on any atom is 0.315 e. The van der Waals surface area contributed by atoms with Crippen LogP contribution in [0.15, 0.2) is 48.5 Å². The molecule has 0 aliphatic heterocycles. The Bertz CT molecular complexity index is 682. The van der Waals surface area contributed by atoms with Crippen LogP contribution < -0.4 is 15.4 Å². The zero-order chi connectivity index (χ0) is 19.5. The average molecular weight is 370 g/mol. The van der Waals surface area contributed by atoms with Gasteiger partial charge >= 0.3 is 6.03 Å². The first-order valence-corrected chi connectivity index (χ1v) is 9.46. The first kappa shape index (κ1) is 20.8. The van der Waals surface area contributed by atoms with Crippen LogP contribution in [0.1, 0.15) is 29.5 Å². The van der Waals surface area contributed by atoms with Crippen LogP contribution in [0.5, 0.6) is 5.75 Å². The lowest BCUT2D eigenvalue weighted by atomic mass is 10.1. The van der Waals surface area contributed by atoms with Gasteiger partial charge in [0, 0.05) is 19.6 Å². The second kappa shape index (κ2) is 11.2. The quantitative estimate of drug-likeness (QED) is 0.628. The molecule has 146 valence electrons. The number of hydrogen-bond donors (Lipinski definition) is 2. The number of amides is 2. The summed E-state index contributed by atoms with van der Waals surface area (Å²) in [6.07, 6.45) is 1.79. The zero-order valence-electron chi connectivity index (χ0n) is 16.6. The number of nitrogens with zero attached hydrogens (tertiary/aromatic N) is 1. The van der Waals surface area contributed by atoms with E-state index in [0.717, 1.165) is 30.7 Å². The fourth-order valence-corrected chi connectivity index (χ4v) is 2.63. The Morgan fingerprint density at radius 3 is 2.26 bits per heavy atom. The van der Waals surface area contributed by atoms with Crippen LogP contribution in [-0.2, 0) is 13.1 Å². The van der Waals surface area contributed by atoms with E-state index in [-0.39, 0.29) is 6.03 Å². The van der Waals surface area contributed by atoms with Crippen LogP contribution in [0.2, 0.25) is 0 Å². The van der Waals surface area contributed by atoms with E-state index in [9.17, 15) is 4.79 Å². The minimum absolute atomic E-state index is 0.133. The minimum atomic E-state index is -0.133. The van der Waals surface area contributed by atoms with Crippen molar-refractivity contribution in [3.8, 4) is 5.75 Å². The highest BCUT2D eigenvalue weighted by Crippen LogP contribution is 2.11. The summed E-state index contributed by atoms with van der Waals surface area (Å²) in [5, 5.41) is 5.77. The van der Waals surface area contributed by atoms with Crippen molar-refractivity contribution in [1.29, 1.82) is 0 Å². The zero-order valence-corrected chi connectivity index (χ0v) is 16.6. The van der Waals surface area contributed by atoms with Gasteiger partial charge in [0.2, 0.25) is 0 Å². The molecule has 0 spiro atoms. The van der Waals surface area contributed by atoms with E-state index in [1.54, 1.807) is 0 Å². The third-order valence-corrected chi connectivity index (χ3v) is 4.12. The summed E-state index contributed by atoms with van der Waals surface area (Å²) >= 11 is 0. The van der Waals surface area contributed by atoms with Gasteiger partial charge in [-0.2, -0.15) is 0 Å². The fourth-order valence-electron chi connectivity index (χ4n) is 2.63. The lowest BCUT2D eigenvalue weighted by Crippen LogP contribution is -2.35. The SMILES string of the molecule is Cc1ccc(OCCCCNC(=O)NCc2ccc(CN(C)C)cc2)cc1. The van der Waals surface area contributed by atoms with E-state index in [1.807, 2.05) is 24.3 Å². The number of nitrogens with one attached hydrogen (secondary N) is 2. The maximum atomic E-state index is 11.9. The van der Waals surface area contributed by atoms with Crippen LogP contribution in [-0.4, -0.2) is 38.2 Å². The average Bonchev–Trinajstić information content (AvgIpc) is 2.65. The molecule has 0 aromatic heterocycles. The number of carbonyl (C=O) groups excluding carboxylic acids is 1. The molecule has 0 radical (unpaired) electrons. The highest BCUT2D eigenvalue weighted by atomic mass is 16.5. The molecule has 0 saturated heterocycles. The van der Waals surface area contributed by atoms with Gasteiger partial charge in [-0.15, -0.1) is 0 Å². The van der Waals surface area contributed by atoms with E-state index in [1.165, 1.54) is 11.1 Å². The van der Waals surface area contributed by atoms with Gasteiger partial charge in [0.15, 0.2) is 0 Å². The molecule has 0 heterocycles. The number of benzene rings is 2. The first-order valence-electron chi connectivity index (χ1n) is 9.46. The molecule has 2 rings (SSSR count). The summed E-state index contributed by atoms with van der Waals surface area (Å²) in [5.41, 5.74) is 3.59. The normalized spacial score (nSPS) is 10.7. The molecule has 0 aliphatic carbocycles. The Balaban J connectivity index is 1.53. The molecular weight excluding hydrogens is 338 g/mol. The van der Waals surface area contributed by atoms with Gasteiger partial charge in [-0.05, 0) is 57.1 Å². The fraction of sp³-hybridized carbons (Fsp3) is 0.409. The van der Waals surface area contributed by atoms with Crippen LogP contribution in [0, 0.1) is 6.92 Å². The summed E-state index contributed by atoms with van der Waals surface area (Å²) in [4.78, 5) is 14.0. The molecule has 2 N–H and O–H groups in total. The molecule has 5 nitrogen and oxygen atoms in total. The van der Waals surface area contributed by atoms with Gasteiger partial charge in [-0.3, -0.25) is 0 Å². The van der Waals surface area contributed by atoms with E-state index < -0.39 is 0 Å². The van der Waals surface area contributed by atoms with Crippen molar-refractivity contribution >= 4 is 6.03 Å². The molecule has 27 heavy (non-hydrogen) atoms. The van der Waals surface area contributed by atoms with E-state index in [0.29, 0.717) is 19.7 Å². The molecule has 2 amide bonds. The highest BCUT2D eigenvalue weighted by molar-refractivity contribution is 5.73. The van der Waals surface area contributed by atoms with E-state index >= 15 is 0 Å². The standard InChI is InChI=1S/C22H31N3O2/c1-18-6-12-21(13-7-18)27-15-5-4-14-23-22(26)24-16-19-8-10-20(11-9-19)17-25(2)3/h6-13H,4-5,14-17H2,1-3H3,(H2,23,24,26). The van der Waals surface area contributed by atoms with Crippen molar-refractivity contribution in [2.75, 3.05) is 27.2 Å². The number of aryl methyl sites for hydroxylation is 1. The van der Waals surface area contributed by atoms with Crippen molar-refractivity contribution in [3.05, 3.63) is 65.2 Å². The minimum Gasteiger partial charge on any atom is -0.494 e. The van der Waals surface area contributed by atoms with Crippen LogP contribution >= 0.6 is 0 Å². The third kappa shape index (κ3) is 8.60. The maximum absolute atomic E-state index is 11.9. The number of unbranched alkanes of at least 4 members (excludes halogenated alkanes) is 1. The number of ether oxygens (including phenoxy) is 1. The Labute approximate surface area is 162 Å². The summed E-state index contributed by atoms with van der Waals surface area (Å²) < 4.78 is 5.68. The molecule has 0 saturated carbocycles. The first-order chi connectivity index (χ1) is 13.0. The monoisotopic (exact) mass is 369 g/mol. The second-order valence-corrected chi connectivity index (χ2v) is 7.03. The highest BCUT2D eigenvalue weighted by Gasteiger charge is 2.01. The van der Waals surface area contributed by atoms with E-state index in [4.69, 9.17) is 4.74 Å². The Morgan fingerprint density at radius 1 is 0.926 bits per heavy atom. The van der Waals surface area contributed by atoms with Crippen molar-refractivity contribution < 1.29 is 9.53 Å². The molecular formula is C22H31N3O2. The van der Waals surface area contributed by atoms with Crippen molar-refractivity contribution in [3.63, 3.8) is 0 Å². The number of urea groups is 1. The molecule has 5 heteroatoms. The Hall–Kier alpha value is -2.53. The van der Waals surface area contributed by atoms with Crippen molar-refractivity contribution in [2.45, 2.75) is 32.9 Å². The largest absolute Gasteiger partial charge is 0.494 e. The summed E-state index contributed by atoms with van der Waals surface area (Å²) in [6.45, 7) is 4.81. The van der Waals surface area contributed by atoms with Gasteiger partial charge in [-0.1, -0.05) is 42.0 Å². The van der Waals surface area contributed by atoms with Gasteiger partial charge in [0.25, 0.3) is 0 Å². The number of rotatable bonds is 10. The lowest BCUT2D eigenvalue weighted by Gasteiger charge is -2.11. The van der Waals surface area contributed by atoms with Gasteiger partial charge in [-0.25, -0.2) is 4.79 Å². The van der Waals surface area contributed by atoms with Crippen molar-refractivity contribution in [1.82, 2.24) is 15.5 Å². The van der Waals surface area contributed by atoms with Crippen LogP contribution in [0.4, 0.5) is 4.79 Å². The molecule has 2 aromatic carbocycles. The smallest absolute Gasteiger partial charge is 0.315 e. The third-order valence-electron chi connectivity index (χ3n) is 4.12. The van der Waals surface area contributed by atoms with Crippen LogP contribution in [0.3, 0.4) is 0 Å². The Kier molecular flexibility index (Phi) is 8.65. The Morgan fingerprint density at radius 2 is 1.59 bits per heavy atom. The molecule has 0 fully saturated rings. The number of hydrogen-bond acceptors (Lipinski definition) is 3. The summed E-state index contributed by atoms with van der Waals surface area (Å²) in [7, 11) is 4.10. The van der Waals surface area contributed by atoms with Crippen molar-refractivity contribution in [2.24, 2.45) is 0 Å². The topological polar surface area (TPSA) is 53.6 Å². The second-order valence-electron chi connectivity index (χ2n) is 7.03. The molecule has 0 aliphatic rings. The van der Waals surface area contributed by atoms with Gasteiger partial charge in [0.1, 0.15) is 5.75 Å². The van der Waals surface area contributed by atoms with Crippen LogP contribution in [0.25, 0.3) is 0 Å². The molecule has 0 atom stereocenters.